The Morgan fingerprint density at radius 3 is 2.05 bits per heavy atom. The van der Waals surface area contributed by atoms with Crippen LogP contribution < -0.4 is 0 Å². The summed E-state index contributed by atoms with van der Waals surface area (Å²) in [5.74, 6) is 0.408. The number of hydrogen-bond donors (Lipinski definition) is 0. The van der Waals surface area contributed by atoms with Gasteiger partial charge in [-0.25, -0.2) is 0 Å². The molecule has 0 fully saturated rings. The number of esters is 1. The molecule has 1 rings (SSSR count). The van der Waals surface area contributed by atoms with Gasteiger partial charge in [0.2, 0.25) is 0 Å². The summed E-state index contributed by atoms with van der Waals surface area (Å²) >= 11 is 0. The standard InChI is InChI=1S/C38H62O2/c1-10-11-26-40-37(39)38(9)28-35(23-15-22-33(7)19-13-17-31(4)5)27-36(29-38)25-24-34(8)21-14-20-32(6)18-12-16-30(2)3/h16-17,20,22,27,36H,8,10-15,18-19,21,23-26,28-29H2,1-7,9H3/b32-20+,33-22+/t36-,38+/m1/s1. The number of ether oxygens (including phenoxy) is 1. The van der Waals surface area contributed by atoms with Crippen molar-refractivity contribution in [2.45, 2.75) is 145 Å². The van der Waals surface area contributed by atoms with Crippen LogP contribution in [0.4, 0.5) is 0 Å². The molecule has 0 N–H and O–H groups in total. The van der Waals surface area contributed by atoms with Crippen LogP contribution in [0, 0.1) is 11.3 Å². The van der Waals surface area contributed by atoms with Crippen LogP contribution in [-0.2, 0) is 9.53 Å². The molecule has 2 heteroatoms. The zero-order valence-corrected chi connectivity index (χ0v) is 27.6. The summed E-state index contributed by atoms with van der Waals surface area (Å²) in [5.41, 5.74) is 8.07. The minimum atomic E-state index is -0.419. The van der Waals surface area contributed by atoms with Crippen molar-refractivity contribution in [3.05, 3.63) is 70.4 Å². The van der Waals surface area contributed by atoms with Crippen LogP contribution in [0.25, 0.3) is 0 Å². The maximum atomic E-state index is 13.2. The van der Waals surface area contributed by atoms with Crippen molar-refractivity contribution in [3.63, 3.8) is 0 Å². The molecule has 0 saturated heterocycles. The van der Waals surface area contributed by atoms with E-state index in [2.05, 4.69) is 92.3 Å². The van der Waals surface area contributed by atoms with E-state index in [1.54, 1.807) is 0 Å². The zero-order valence-electron chi connectivity index (χ0n) is 27.6. The first-order valence-electron chi connectivity index (χ1n) is 16.1. The van der Waals surface area contributed by atoms with Crippen molar-refractivity contribution in [1.29, 1.82) is 0 Å². The van der Waals surface area contributed by atoms with Crippen LogP contribution >= 0.6 is 0 Å². The Hall–Kier alpha value is -2.09. The molecule has 226 valence electrons. The smallest absolute Gasteiger partial charge is 0.312 e. The van der Waals surface area contributed by atoms with Crippen molar-refractivity contribution in [3.8, 4) is 0 Å². The van der Waals surface area contributed by atoms with Crippen LogP contribution in [-0.4, -0.2) is 12.6 Å². The van der Waals surface area contributed by atoms with Gasteiger partial charge >= 0.3 is 5.97 Å². The highest BCUT2D eigenvalue weighted by atomic mass is 16.5. The lowest BCUT2D eigenvalue weighted by Crippen LogP contribution is -2.35. The molecular weight excluding hydrogens is 488 g/mol. The third kappa shape index (κ3) is 16.2. The minimum absolute atomic E-state index is 0.00227. The number of carbonyl (C=O) groups excluding carboxylic acids is 1. The minimum Gasteiger partial charge on any atom is -0.465 e. The van der Waals surface area contributed by atoms with Crippen LogP contribution in [0.2, 0.25) is 0 Å². The lowest BCUT2D eigenvalue weighted by Gasteiger charge is -2.36. The molecule has 1 aliphatic carbocycles. The number of rotatable bonds is 19. The predicted octanol–water partition coefficient (Wildman–Crippen LogP) is 12.0. The molecule has 0 unspecified atom stereocenters. The number of hydrogen-bond acceptors (Lipinski definition) is 2. The summed E-state index contributed by atoms with van der Waals surface area (Å²) in [7, 11) is 0. The van der Waals surface area contributed by atoms with Gasteiger partial charge in [-0.15, -0.1) is 0 Å². The SMILES string of the molecule is C=C(CC/C=C(\C)CCC=C(C)C)CC[C@@H]1C=C(CC/C=C(\C)CCC=C(C)C)C[C@](C)(C(=O)OCCCC)C1. The first kappa shape index (κ1) is 35.9. The fourth-order valence-electron chi connectivity index (χ4n) is 5.52. The third-order valence-corrected chi connectivity index (χ3v) is 8.03. The number of allylic oxidation sites excluding steroid dienone is 11. The van der Waals surface area contributed by atoms with Gasteiger partial charge < -0.3 is 4.74 Å². The number of carbonyl (C=O) groups is 1. The van der Waals surface area contributed by atoms with Gasteiger partial charge in [0.25, 0.3) is 0 Å². The normalized spacial score (nSPS) is 19.6. The van der Waals surface area contributed by atoms with Gasteiger partial charge in [0.15, 0.2) is 0 Å². The quantitative estimate of drug-likeness (QED) is 0.0908. The van der Waals surface area contributed by atoms with Crippen LogP contribution in [0.1, 0.15) is 145 Å². The summed E-state index contributed by atoms with van der Waals surface area (Å²) < 4.78 is 5.76. The summed E-state index contributed by atoms with van der Waals surface area (Å²) in [6.07, 6.45) is 26.4. The summed E-state index contributed by atoms with van der Waals surface area (Å²) in [4.78, 5) is 13.2. The fraction of sp³-hybridized carbons (Fsp3) is 0.658. The second-order valence-corrected chi connectivity index (χ2v) is 13.1. The van der Waals surface area contributed by atoms with Crippen LogP contribution in [0.5, 0.6) is 0 Å². The van der Waals surface area contributed by atoms with E-state index in [4.69, 9.17) is 4.74 Å². The Labute approximate surface area is 248 Å². The highest BCUT2D eigenvalue weighted by Crippen LogP contribution is 2.43. The lowest BCUT2D eigenvalue weighted by atomic mass is 9.69. The highest BCUT2D eigenvalue weighted by Gasteiger charge is 2.40. The molecule has 0 aliphatic heterocycles. The Kier molecular flexibility index (Phi) is 17.9. The highest BCUT2D eigenvalue weighted by molar-refractivity contribution is 5.77. The van der Waals surface area contributed by atoms with Gasteiger partial charge in [0.05, 0.1) is 12.0 Å². The molecule has 40 heavy (non-hydrogen) atoms. The van der Waals surface area contributed by atoms with Crippen molar-refractivity contribution in [1.82, 2.24) is 0 Å². The molecule has 2 atom stereocenters. The molecule has 0 saturated carbocycles. The molecule has 0 bridgehead atoms. The Morgan fingerprint density at radius 2 is 1.48 bits per heavy atom. The molecule has 0 amide bonds. The fourth-order valence-corrected chi connectivity index (χ4v) is 5.52. The summed E-state index contributed by atoms with van der Waals surface area (Å²) in [6.45, 7) is 22.4. The maximum Gasteiger partial charge on any atom is 0.312 e. The van der Waals surface area contributed by atoms with Gasteiger partial charge in [-0.1, -0.05) is 83.7 Å². The molecule has 0 aromatic carbocycles. The van der Waals surface area contributed by atoms with Gasteiger partial charge in [-0.3, -0.25) is 4.79 Å². The first-order valence-corrected chi connectivity index (χ1v) is 16.1. The average Bonchev–Trinajstić information content (AvgIpc) is 2.87. The molecule has 2 nitrogen and oxygen atoms in total. The van der Waals surface area contributed by atoms with Gasteiger partial charge in [-0.2, -0.15) is 0 Å². The third-order valence-electron chi connectivity index (χ3n) is 8.03. The van der Waals surface area contributed by atoms with Crippen molar-refractivity contribution in [2.75, 3.05) is 6.61 Å². The second kappa shape index (κ2) is 19.9. The zero-order chi connectivity index (χ0) is 30.0. The van der Waals surface area contributed by atoms with Crippen molar-refractivity contribution in [2.24, 2.45) is 11.3 Å². The van der Waals surface area contributed by atoms with E-state index in [9.17, 15) is 4.79 Å². The van der Waals surface area contributed by atoms with E-state index in [1.165, 1.54) is 33.4 Å². The lowest BCUT2D eigenvalue weighted by molar-refractivity contribution is -0.156. The van der Waals surface area contributed by atoms with E-state index >= 15 is 0 Å². The Balaban J connectivity index is 2.75. The Bertz CT molecular complexity index is 931. The summed E-state index contributed by atoms with van der Waals surface area (Å²) in [6, 6.07) is 0. The van der Waals surface area contributed by atoms with Gasteiger partial charge in [-0.05, 0) is 138 Å². The topological polar surface area (TPSA) is 26.3 Å². The largest absolute Gasteiger partial charge is 0.465 e. The summed E-state index contributed by atoms with van der Waals surface area (Å²) in [5, 5.41) is 0. The first-order chi connectivity index (χ1) is 18.9. The molecule has 0 aromatic heterocycles. The molecule has 0 heterocycles. The molecular formula is C38H62O2. The van der Waals surface area contributed by atoms with Crippen molar-refractivity contribution < 1.29 is 9.53 Å². The molecule has 0 radical (unpaired) electrons. The van der Waals surface area contributed by atoms with Crippen LogP contribution in [0.3, 0.4) is 0 Å². The van der Waals surface area contributed by atoms with E-state index in [0.29, 0.717) is 12.5 Å². The van der Waals surface area contributed by atoms with E-state index in [1.807, 2.05) is 0 Å². The van der Waals surface area contributed by atoms with Gasteiger partial charge in [0.1, 0.15) is 0 Å². The maximum absolute atomic E-state index is 13.2. The number of unbranched alkanes of at least 4 members (excludes halogenated alkanes) is 1. The molecule has 1 aliphatic rings. The van der Waals surface area contributed by atoms with Crippen molar-refractivity contribution >= 4 is 5.97 Å². The van der Waals surface area contributed by atoms with Crippen LogP contribution in [0.15, 0.2) is 70.4 Å². The van der Waals surface area contributed by atoms with Gasteiger partial charge in [0, 0.05) is 0 Å². The molecule has 0 spiro atoms. The molecule has 0 aromatic rings. The monoisotopic (exact) mass is 550 g/mol. The Morgan fingerprint density at radius 1 is 0.900 bits per heavy atom. The van der Waals surface area contributed by atoms with E-state index in [-0.39, 0.29) is 5.97 Å². The van der Waals surface area contributed by atoms with E-state index in [0.717, 1.165) is 89.9 Å². The van der Waals surface area contributed by atoms with E-state index < -0.39 is 5.41 Å². The average molecular weight is 551 g/mol. The predicted molar refractivity (Wildman–Crippen MR) is 176 cm³/mol. The second-order valence-electron chi connectivity index (χ2n) is 13.1.